The fraction of sp³-hybridized carbons (Fsp3) is 0.143. The van der Waals surface area contributed by atoms with E-state index in [0.29, 0.717) is 10.6 Å². The van der Waals surface area contributed by atoms with Crippen molar-refractivity contribution >= 4 is 11.6 Å². The van der Waals surface area contributed by atoms with Gasteiger partial charge in [-0.1, -0.05) is 11.6 Å². The van der Waals surface area contributed by atoms with Crippen LogP contribution in [0.5, 0.6) is 5.75 Å². The van der Waals surface area contributed by atoms with Crippen molar-refractivity contribution in [1.82, 2.24) is 0 Å². The van der Waals surface area contributed by atoms with Crippen LogP contribution in [0.25, 0.3) is 0 Å². The monoisotopic (exact) mass is 322 g/mol. The summed E-state index contributed by atoms with van der Waals surface area (Å²) in [5, 5.41) is 0.457. The highest BCUT2D eigenvalue weighted by molar-refractivity contribution is 6.31. The molecule has 0 saturated carbocycles. The molecular formula is C14H8ClF5O. The minimum absolute atomic E-state index is 0.195. The Hall–Kier alpha value is -1.82. The van der Waals surface area contributed by atoms with E-state index in [1.165, 1.54) is 18.2 Å². The van der Waals surface area contributed by atoms with Gasteiger partial charge in [0.2, 0.25) is 5.82 Å². The zero-order valence-electron chi connectivity index (χ0n) is 10.6. The molecule has 2 aromatic rings. The maximum Gasteiger partial charge on any atom is 0.200 e. The molecule has 0 atom stereocenters. The molecule has 21 heavy (non-hydrogen) atoms. The molecule has 0 heterocycles. The Bertz CT molecular complexity index is 673. The summed E-state index contributed by atoms with van der Waals surface area (Å²) in [6, 6.07) is 4.39. The lowest BCUT2D eigenvalue weighted by Crippen LogP contribution is -2.09. The molecule has 0 saturated heterocycles. The zero-order chi connectivity index (χ0) is 15.7. The van der Waals surface area contributed by atoms with Crippen LogP contribution in [0.3, 0.4) is 0 Å². The van der Waals surface area contributed by atoms with Crippen LogP contribution >= 0.6 is 11.6 Å². The van der Waals surface area contributed by atoms with Crippen LogP contribution < -0.4 is 4.74 Å². The topological polar surface area (TPSA) is 9.23 Å². The van der Waals surface area contributed by atoms with Crippen LogP contribution in [0, 0.1) is 36.0 Å². The predicted octanol–water partition coefficient (Wildman–Crippen LogP) is 4.92. The van der Waals surface area contributed by atoms with Crippen molar-refractivity contribution in [2.75, 3.05) is 0 Å². The van der Waals surface area contributed by atoms with Crippen LogP contribution in [-0.4, -0.2) is 0 Å². The summed E-state index contributed by atoms with van der Waals surface area (Å²) < 4.78 is 70.8. The Morgan fingerprint density at radius 2 is 1.43 bits per heavy atom. The number of hydrogen-bond acceptors (Lipinski definition) is 1. The van der Waals surface area contributed by atoms with Gasteiger partial charge in [0.1, 0.15) is 12.4 Å². The van der Waals surface area contributed by atoms with E-state index in [0.717, 1.165) is 0 Å². The van der Waals surface area contributed by atoms with Crippen molar-refractivity contribution < 1.29 is 26.7 Å². The van der Waals surface area contributed by atoms with E-state index in [4.69, 9.17) is 16.3 Å². The minimum Gasteiger partial charge on any atom is -0.489 e. The molecule has 7 heteroatoms. The van der Waals surface area contributed by atoms with E-state index in [-0.39, 0.29) is 5.75 Å². The molecule has 0 fully saturated rings. The number of rotatable bonds is 3. The molecule has 0 amide bonds. The Kier molecular flexibility index (Phi) is 4.37. The summed E-state index contributed by atoms with van der Waals surface area (Å²) in [4.78, 5) is 0. The van der Waals surface area contributed by atoms with Crippen molar-refractivity contribution in [1.29, 1.82) is 0 Å². The molecule has 0 spiro atoms. The molecule has 112 valence electrons. The largest absolute Gasteiger partial charge is 0.489 e. The van der Waals surface area contributed by atoms with Gasteiger partial charge in [-0.25, -0.2) is 22.0 Å². The van der Waals surface area contributed by atoms with Crippen molar-refractivity contribution in [2.45, 2.75) is 13.5 Å². The summed E-state index contributed by atoms with van der Waals surface area (Å²) in [6.45, 7) is 0.875. The van der Waals surface area contributed by atoms with Gasteiger partial charge >= 0.3 is 0 Å². The average Bonchev–Trinajstić information content (AvgIpc) is 2.46. The number of halogens is 6. The van der Waals surface area contributed by atoms with Crippen molar-refractivity contribution in [2.24, 2.45) is 0 Å². The van der Waals surface area contributed by atoms with E-state index in [1.807, 2.05) is 0 Å². The van der Waals surface area contributed by atoms with E-state index in [2.05, 4.69) is 0 Å². The maximum absolute atomic E-state index is 13.4. The SMILES string of the molecule is Cc1cc(OCc2c(F)c(F)c(F)c(F)c2F)ccc1Cl. The molecule has 0 radical (unpaired) electrons. The predicted molar refractivity (Wildman–Crippen MR) is 66.8 cm³/mol. The molecule has 0 aliphatic carbocycles. The fourth-order valence-electron chi connectivity index (χ4n) is 1.64. The van der Waals surface area contributed by atoms with Gasteiger partial charge in [0.05, 0.1) is 5.56 Å². The lowest BCUT2D eigenvalue weighted by Gasteiger charge is -2.11. The standard InChI is InChI=1S/C14H8ClF5O/c1-6-4-7(2-3-9(6)15)21-5-8-10(16)12(18)14(20)13(19)11(8)17/h2-4H,5H2,1H3. The van der Waals surface area contributed by atoms with Crippen LogP contribution in [0.2, 0.25) is 5.02 Å². The van der Waals surface area contributed by atoms with Crippen molar-refractivity contribution in [3.63, 3.8) is 0 Å². The van der Waals surface area contributed by atoms with Gasteiger partial charge in [0, 0.05) is 5.02 Å². The van der Waals surface area contributed by atoms with E-state index < -0.39 is 41.3 Å². The van der Waals surface area contributed by atoms with Crippen LogP contribution in [0.1, 0.15) is 11.1 Å². The molecule has 0 aromatic heterocycles. The number of aryl methyl sites for hydroxylation is 1. The second-order valence-corrected chi connectivity index (χ2v) is 4.66. The first-order valence-electron chi connectivity index (χ1n) is 5.72. The normalized spacial score (nSPS) is 10.8. The average molecular weight is 323 g/mol. The Labute approximate surface area is 121 Å². The molecule has 2 rings (SSSR count). The number of hydrogen-bond donors (Lipinski definition) is 0. The van der Waals surface area contributed by atoms with Gasteiger partial charge in [-0.3, -0.25) is 0 Å². The number of benzene rings is 2. The zero-order valence-corrected chi connectivity index (χ0v) is 11.4. The van der Waals surface area contributed by atoms with E-state index in [1.54, 1.807) is 6.92 Å². The van der Waals surface area contributed by atoms with Crippen molar-refractivity contribution in [3.8, 4) is 5.75 Å². The fourth-order valence-corrected chi connectivity index (χ4v) is 1.76. The lowest BCUT2D eigenvalue weighted by molar-refractivity contribution is 0.279. The molecule has 0 N–H and O–H groups in total. The van der Waals surface area contributed by atoms with Crippen LogP contribution in [0.15, 0.2) is 18.2 Å². The van der Waals surface area contributed by atoms with Crippen LogP contribution in [-0.2, 0) is 6.61 Å². The first-order chi connectivity index (χ1) is 9.82. The summed E-state index contributed by atoms with van der Waals surface area (Å²) >= 11 is 5.79. The van der Waals surface area contributed by atoms with Gasteiger partial charge in [-0.15, -0.1) is 0 Å². The third-order valence-electron chi connectivity index (χ3n) is 2.81. The quantitative estimate of drug-likeness (QED) is 0.442. The van der Waals surface area contributed by atoms with Gasteiger partial charge in [0.25, 0.3) is 0 Å². The summed E-state index contributed by atoms with van der Waals surface area (Å²) in [5.74, 6) is -9.81. The molecular weight excluding hydrogens is 315 g/mol. The second kappa shape index (κ2) is 5.89. The smallest absolute Gasteiger partial charge is 0.200 e. The van der Waals surface area contributed by atoms with Gasteiger partial charge < -0.3 is 4.74 Å². The Morgan fingerprint density at radius 3 is 1.95 bits per heavy atom. The summed E-state index contributed by atoms with van der Waals surface area (Å²) in [7, 11) is 0. The lowest BCUT2D eigenvalue weighted by atomic mass is 10.2. The second-order valence-electron chi connectivity index (χ2n) is 4.25. The highest BCUT2D eigenvalue weighted by atomic mass is 35.5. The molecule has 2 aromatic carbocycles. The molecule has 0 aliphatic heterocycles. The maximum atomic E-state index is 13.4. The van der Waals surface area contributed by atoms with Crippen LogP contribution in [0.4, 0.5) is 22.0 Å². The van der Waals surface area contributed by atoms with Gasteiger partial charge in [0.15, 0.2) is 23.3 Å². The first-order valence-corrected chi connectivity index (χ1v) is 6.10. The summed E-state index contributed by atoms with van der Waals surface area (Å²) in [6.07, 6.45) is 0. The van der Waals surface area contributed by atoms with Gasteiger partial charge in [-0.05, 0) is 30.7 Å². The van der Waals surface area contributed by atoms with Crippen molar-refractivity contribution in [3.05, 3.63) is 63.4 Å². The molecule has 0 unspecified atom stereocenters. The highest BCUT2D eigenvalue weighted by Crippen LogP contribution is 2.26. The third-order valence-corrected chi connectivity index (χ3v) is 3.24. The van der Waals surface area contributed by atoms with E-state index in [9.17, 15) is 22.0 Å². The van der Waals surface area contributed by atoms with E-state index >= 15 is 0 Å². The molecule has 0 aliphatic rings. The minimum atomic E-state index is -2.20. The third kappa shape index (κ3) is 2.95. The molecule has 1 nitrogen and oxygen atoms in total. The Balaban J connectivity index is 2.30. The highest BCUT2D eigenvalue weighted by Gasteiger charge is 2.25. The molecule has 0 bridgehead atoms. The van der Waals surface area contributed by atoms with Gasteiger partial charge in [-0.2, -0.15) is 0 Å². The number of ether oxygens (including phenoxy) is 1. The first kappa shape index (κ1) is 15.6. The summed E-state index contributed by atoms with van der Waals surface area (Å²) in [5.41, 5.74) is -0.384. The Morgan fingerprint density at radius 1 is 0.905 bits per heavy atom.